The molecule has 96 valence electrons. The van der Waals surface area contributed by atoms with Gasteiger partial charge in [0, 0.05) is 5.56 Å². The van der Waals surface area contributed by atoms with Crippen LogP contribution in [0.1, 0.15) is 0 Å². The third-order valence-electron chi connectivity index (χ3n) is 2.87. The lowest BCUT2D eigenvalue weighted by Gasteiger charge is -2.05. The summed E-state index contributed by atoms with van der Waals surface area (Å²) >= 11 is 7.05. The third-order valence-corrected chi connectivity index (χ3v) is 4.11. The topological polar surface area (TPSA) is 26.5 Å². The van der Waals surface area contributed by atoms with Gasteiger partial charge in [-0.05, 0) is 44.0 Å². The molecule has 5 heteroatoms. The number of hydrogen-bond acceptors (Lipinski definition) is 2. The summed E-state index contributed by atoms with van der Waals surface area (Å²) in [6.45, 7) is 0. The lowest BCUT2D eigenvalue weighted by Crippen LogP contribution is -1.93. The van der Waals surface area contributed by atoms with E-state index >= 15 is 0 Å². The Balaban J connectivity index is 2.38. The SMILES string of the molecule is COc1c(-c2ccccc2)nc2c(Br)ccc(Br)n12. The number of benzene rings is 1. The monoisotopic (exact) mass is 380 g/mol. The summed E-state index contributed by atoms with van der Waals surface area (Å²) in [5, 5.41) is 0. The van der Waals surface area contributed by atoms with Crippen LogP contribution in [0, 0.1) is 0 Å². The van der Waals surface area contributed by atoms with Crippen molar-refractivity contribution in [2.75, 3.05) is 7.11 Å². The fraction of sp³-hybridized carbons (Fsp3) is 0.0714. The minimum absolute atomic E-state index is 0.717. The van der Waals surface area contributed by atoms with Gasteiger partial charge in [0.25, 0.3) is 0 Å². The summed E-state index contributed by atoms with van der Waals surface area (Å²) in [5.41, 5.74) is 2.68. The molecule has 2 aromatic heterocycles. The van der Waals surface area contributed by atoms with Crippen molar-refractivity contribution in [3.05, 3.63) is 51.5 Å². The summed E-state index contributed by atoms with van der Waals surface area (Å²) < 4.78 is 9.30. The lowest BCUT2D eigenvalue weighted by atomic mass is 10.2. The Morgan fingerprint density at radius 3 is 2.47 bits per heavy atom. The average Bonchev–Trinajstić information content (AvgIpc) is 2.84. The van der Waals surface area contributed by atoms with Crippen LogP contribution in [-0.2, 0) is 0 Å². The number of pyridine rings is 1. The molecule has 0 aliphatic carbocycles. The maximum Gasteiger partial charge on any atom is 0.227 e. The van der Waals surface area contributed by atoms with Crippen molar-refractivity contribution in [1.82, 2.24) is 9.38 Å². The van der Waals surface area contributed by atoms with Gasteiger partial charge in [0.15, 0.2) is 5.65 Å². The predicted octanol–water partition coefficient (Wildman–Crippen LogP) is 4.53. The van der Waals surface area contributed by atoms with Crippen LogP contribution in [0.25, 0.3) is 16.9 Å². The largest absolute Gasteiger partial charge is 0.480 e. The minimum atomic E-state index is 0.717. The van der Waals surface area contributed by atoms with Crippen LogP contribution < -0.4 is 4.74 Å². The quantitative estimate of drug-likeness (QED) is 0.609. The first-order valence-corrected chi connectivity index (χ1v) is 7.27. The van der Waals surface area contributed by atoms with Gasteiger partial charge >= 0.3 is 0 Å². The molecule has 0 saturated heterocycles. The molecule has 0 aliphatic heterocycles. The van der Waals surface area contributed by atoms with E-state index in [9.17, 15) is 0 Å². The molecule has 0 unspecified atom stereocenters. The van der Waals surface area contributed by atoms with Crippen molar-refractivity contribution in [2.24, 2.45) is 0 Å². The Morgan fingerprint density at radius 2 is 1.79 bits per heavy atom. The lowest BCUT2D eigenvalue weighted by molar-refractivity contribution is 0.395. The van der Waals surface area contributed by atoms with Gasteiger partial charge in [0.05, 0.1) is 16.2 Å². The Kier molecular flexibility index (Phi) is 3.33. The first kappa shape index (κ1) is 12.7. The van der Waals surface area contributed by atoms with Crippen LogP contribution in [0.2, 0.25) is 0 Å². The van der Waals surface area contributed by atoms with Gasteiger partial charge in [-0.1, -0.05) is 30.3 Å². The Hall–Kier alpha value is -1.33. The molecule has 0 atom stereocenters. The smallest absolute Gasteiger partial charge is 0.227 e. The highest BCUT2D eigenvalue weighted by Crippen LogP contribution is 2.35. The summed E-state index contributed by atoms with van der Waals surface area (Å²) in [4.78, 5) is 4.68. The Labute approximate surface area is 127 Å². The van der Waals surface area contributed by atoms with Gasteiger partial charge < -0.3 is 4.74 Å². The van der Waals surface area contributed by atoms with E-state index in [1.54, 1.807) is 7.11 Å². The van der Waals surface area contributed by atoms with E-state index in [0.717, 1.165) is 31.9 Å². The van der Waals surface area contributed by atoms with Crippen LogP contribution in [0.5, 0.6) is 5.88 Å². The van der Waals surface area contributed by atoms with E-state index < -0.39 is 0 Å². The number of methoxy groups -OCH3 is 1. The molecule has 19 heavy (non-hydrogen) atoms. The number of hydrogen-bond donors (Lipinski definition) is 0. The van der Waals surface area contributed by atoms with Crippen molar-refractivity contribution in [3.63, 3.8) is 0 Å². The standard InChI is InChI=1S/C14H10Br2N2O/c1-19-14-12(9-5-3-2-4-6-9)17-13-10(15)7-8-11(16)18(13)14/h2-8H,1H3. The van der Waals surface area contributed by atoms with Crippen molar-refractivity contribution >= 4 is 37.5 Å². The molecule has 3 nitrogen and oxygen atoms in total. The van der Waals surface area contributed by atoms with Gasteiger partial charge in [-0.2, -0.15) is 0 Å². The van der Waals surface area contributed by atoms with Gasteiger partial charge in [-0.3, -0.25) is 4.40 Å². The highest BCUT2D eigenvalue weighted by molar-refractivity contribution is 9.11. The van der Waals surface area contributed by atoms with Crippen molar-refractivity contribution in [3.8, 4) is 17.1 Å². The zero-order valence-corrected chi connectivity index (χ0v) is 13.3. The van der Waals surface area contributed by atoms with Gasteiger partial charge in [-0.25, -0.2) is 4.98 Å². The molecule has 3 rings (SSSR count). The van der Waals surface area contributed by atoms with Gasteiger partial charge in [0.1, 0.15) is 5.69 Å². The molecule has 1 aromatic carbocycles. The molecule has 0 radical (unpaired) electrons. The number of ether oxygens (including phenoxy) is 1. The second-order valence-electron chi connectivity index (χ2n) is 4.00. The number of rotatable bonds is 2. The van der Waals surface area contributed by atoms with Crippen LogP contribution >= 0.6 is 31.9 Å². The molecule has 0 N–H and O–H groups in total. The molecule has 0 spiro atoms. The fourth-order valence-corrected chi connectivity index (χ4v) is 2.89. The van der Waals surface area contributed by atoms with Gasteiger partial charge in [-0.15, -0.1) is 0 Å². The van der Waals surface area contributed by atoms with E-state index in [-0.39, 0.29) is 0 Å². The molecule has 3 aromatic rings. The highest BCUT2D eigenvalue weighted by atomic mass is 79.9. The van der Waals surface area contributed by atoms with Crippen LogP contribution in [-0.4, -0.2) is 16.5 Å². The number of halogens is 2. The summed E-state index contributed by atoms with van der Waals surface area (Å²) in [6.07, 6.45) is 0. The molecule has 0 bridgehead atoms. The van der Waals surface area contributed by atoms with Crippen LogP contribution in [0.4, 0.5) is 0 Å². The number of aromatic nitrogens is 2. The maximum absolute atomic E-state index is 5.54. The maximum atomic E-state index is 5.54. The molecule has 0 amide bonds. The summed E-state index contributed by atoms with van der Waals surface area (Å²) in [7, 11) is 1.66. The first-order chi connectivity index (χ1) is 9.22. The Bertz CT molecular complexity index is 738. The fourth-order valence-electron chi connectivity index (χ4n) is 2.03. The molecular formula is C14H10Br2N2O. The summed E-state index contributed by atoms with van der Waals surface area (Å²) in [6, 6.07) is 13.9. The van der Waals surface area contributed by atoms with Crippen molar-refractivity contribution < 1.29 is 4.74 Å². The van der Waals surface area contributed by atoms with Gasteiger partial charge in [0.2, 0.25) is 5.88 Å². The van der Waals surface area contributed by atoms with E-state index in [4.69, 9.17) is 4.74 Å². The molecule has 0 fully saturated rings. The molecule has 2 heterocycles. The number of fused-ring (bicyclic) bond motifs is 1. The minimum Gasteiger partial charge on any atom is -0.480 e. The number of imidazole rings is 1. The van der Waals surface area contributed by atoms with Crippen molar-refractivity contribution in [1.29, 1.82) is 0 Å². The summed E-state index contributed by atoms with van der Waals surface area (Å²) in [5.74, 6) is 0.717. The number of nitrogens with zero attached hydrogens (tertiary/aromatic N) is 2. The molecule has 0 aliphatic rings. The van der Waals surface area contributed by atoms with Crippen molar-refractivity contribution in [2.45, 2.75) is 0 Å². The molecular weight excluding hydrogens is 372 g/mol. The Morgan fingerprint density at radius 1 is 1.05 bits per heavy atom. The van der Waals surface area contributed by atoms with E-state index in [1.807, 2.05) is 46.9 Å². The van der Waals surface area contributed by atoms with E-state index in [0.29, 0.717) is 0 Å². The normalized spacial score (nSPS) is 10.9. The van der Waals surface area contributed by atoms with E-state index in [2.05, 4.69) is 36.8 Å². The average molecular weight is 382 g/mol. The second-order valence-corrected chi connectivity index (χ2v) is 5.67. The predicted molar refractivity (Wildman–Crippen MR) is 82.6 cm³/mol. The van der Waals surface area contributed by atoms with E-state index in [1.165, 1.54) is 0 Å². The zero-order chi connectivity index (χ0) is 13.4. The zero-order valence-electron chi connectivity index (χ0n) is 10.1. The van der Waals surface area contributed by atoms with Crippen LogP contribution in [0.3, 0.4) is 0 Å². The second kappa shape index (κ2) is 4.98. The third kappa shape index (κ3) is 2.07. The molecule has 0 saturated carbocycles. The highest BCUT2D eigenvalue weighted by Gasteiger charge is 2.17. The van der Waals surface area contributed by atoms with Crippen LogP contribution in [0.15, 0.2) is 51.5 Å². The first-order valence-electron chi connectivity index (χ1n) is 5.68.